The number of rotatable bonds is 9. The predicted octanol–water partition coefficient (Wildman–Crippen LogP) is 5.04. The molecule has 10 heteroatoms. The van der Waals surface area contributed by atoms with E-state index >= 15 is 0 Å². The topological polar surface area (TPSA) is 102 Å². The van der Waals surface area contributed by atoms with E-state index in [1.54, 1.807) is 10.9 Å². The zero-order valence-corrected chi connectivity index (χ0v) is 22.3. The minimum atomic E-state index is -0.601. The molecule has 0 amide bonds. The first-order valence-corrected chi connectivity index (χ1v) is 13.4. The van der Waals surface area contributed by atoms with Crippen LogP contribution in [0, 0.1) is 6.92 Å². The molecule has 0 aliphatic carbocycles. The molecule has 1 N–H and O–H groups in total. The number of nitrogens with one attached hydrogen (secondary N) is 1. The lowest BCUT2D eigenvalue weighted by atomic mass is 10.0. The van der Waals surface area contributed by atoms with E-state index in [1.807, 2.05) is 67.6 Å². The van der Waals surface area contributed by atoms with E-state index < -0.39 is 6.04 Å². The van der Waals surface area contributed by atoms with Crippen LogP contribution in [-0.4, -0.2) is 42.8 Å². The van der Waals surface area contributed by atoms with Crippen molar-refractivity contribution in [1.29, 1.82) is 0 Å². The molecule has 0 spiro atoms. The van der Waals surface area contributed by atoms with Crippen molar-refractivity contribution in [2.45, 2.75) is 51.5 Å². The monoisotopic (exact) mass is 544 g/mol. The van der Waals surface area contributed by atoms with Crippen LogP contribution in [0.5, 0.6) is 0 Å². The van der Waals surface area contributed by atoms with Gasteiger partial charge in [-0.15, -0.1) is 5.10 Å². The van der Waals surface area contributed by atoms with Crippen molar-refractivity contribution < 1.29 is 9.15 Å². The second kappa shape index (κ2) is 11.1. The molecule has 200 valence electrons. The zero-order valence-electron chi connectivity index (χ0n) is 21.6. The number of aromatic amines is 1. The molecule has 9 nitrogen and oxygen atoms in total. The van der Waals surface area contributed by atoms with Gasteiger partial charge in [0.05, 0.1) is 31.0 Å². The Morgan fingerprint density at radius 1 is 1.15 bits per heavy atom. The average Bonchev–Trinajstić information content (AvgIpc) is 3.72. The number of nitrogens with zero attached hydrogens (tertiary/aromatic N) is 5. The highest BCUT2D eigenvalue weighted by Gasteiger charge is 2.33. The molecular weight excluding hydrogens is 516 g/mol. The number of para-hydroxylation sites is 1. The minimum Gasteiger partial charge on any atom is -0.468 e. The van der Waals surface area contributed by atoms with Crippen LogP contribution in [0.3, 0.4) is 0 Å². The molecule has 2 unspecified atom stereocenters. The maximum absolute atomic E-state index is 13.8. The number of hydrogen-bond donors (Lipinski definition) is 1. The van der Waals surface area contributed by atoms with E-state index in [0.29, 0.717) is 36.0 Å². The third-order valence-corrected chi connectivity index (χ3v) is 7.62. The van der Waals surface area contributed by atoms with Crippen LogP contribution in [0.4, 0.5) is 0 Å². The van der Waals surface area contributed by atoms with Crippen molar-refractivity contribution >= 4 is 22.5 Å². The van der Waals surface area contributed by atoms with Gasteiger partial charge in [-0.2, -0.15) is 0 Å². The molecule has 39 heavy (non-hydrogen) atoms. The van der Waals surface area contributed by atoms with E-state index in [2.05, 4.69) is 25.4 Å². The summed E-state index contributed by atoms with van der Waals surface area (Å²) in [6, 6.07) is 18.8. The van der Waals surface area contributed by atoms with Crippen LogP contribution in [0.15, 0.2) is 76.1 Å². The fraction of sp³-hybridized carbons (Fsp3) is 0.310. The Balaban J connectivity index is 1.52. The third kappa shape index (κ3) is 5.38. The standard InChI is InChI=1S/C29H29ClN6O3/c1-19-7-4-9-20-15-24(29(37)31-26(19)20)27(28-32-33-34-36(28)18-23-11-6-14-39-23)35(17-22-10-5-13-38-22)16-21-8-2-3-12-25(21)30/h2-5,7-10,12-13,15,23,27H,6,11,14,16-18H2,1H3,(H,31,37). The Hall–Kier alpha value is -3.79. The molecule has 1 aliphatic heterocycles. The molecule has 1 saturated heterocycles. The maximum Gasteiger partial charge on any atom is 0.253 e. The number of pyridine rings is 1. The highest BCUT2D eigenvalue weighted by atomic mass is 35.5. The fourth-order valence-electron chi connectivity index (χ4n) is 5.31. The first kappa shape index (κ1) is 25.5. The van der Waals surface area contributed by atoms with E-state index in [0.717, 1.165) is 47.2 Å². The number of tetrazole rings is 1. The predicted molar refractivity (Wildman–Crippen MR) is 147 cm³/mol. The van der Waals surface area contributed by atoms with Gasteiger partial charge >= 0.3 is 0 Å². The van der Waals surface area contributed by atoms with Gasteiger partial charge in [-0.25, -0.2) is 4.68 Å². The average molecular weight is 545 g/mol. The molecule has 1 aliphatic rings. The van der Waals surface area contributed by atoms with Gasteiger partial charge < -0.3 is 14.1 Å². The van der Waals surface area contributed by atoms with Gasteiger partial charge in [0.15, 0.2) is 5.82 Å². The number of H-pyrrole nitrogens is 1. The second-order valence-corrected chi connectivity index (χ2v) is 10.3. The Kier molecular flexibility index (Phi) is 7.28. The molecule has 4 heterocycles. The molecule has 0 saturated carbocycles. The Labute approximate surface area is 230 Å². The number of furan rings is 1. The molecule has 5 aromatic rings. The van der Waals surface area contributed by atoms with Crippen LogP contribution < -0.4 is 5.56 Å². The minimum absolute atomic E-state index is 0.0209. The molecule has 0 bridgehead atoms. The summed E-state index contributed by atoms with van der Waals surface area (Å²) in [5.41, 5.74) is 3.07. The van der Waals surface area contributed by atoms with Crippen LogP contribution in [0.2, 0.25) is 5.02 Å². The zero-order chi connectivity index (χ0) is 26.8. The SMILES string of the molecule is Cc1cccc2cc(C(c3nnnn3CC3CCCO3)N(Cc3ccco3)Cc3ccccc3Cl)c(=O)[nH]c12. The van der Waals surface area contributed by atoms with Gasteiger partial charge in [0, 0.05) is 23.7 Å². The molecule has 2 atom stereocenters. The lowest BCUT2D eigenvalue weighted by Crippen LogP contribution is -2.35. The highest BCUT2D eigenvalue weighted by molar-refractivity contribution is 6.31. The van der Waals surface area contributed by atoms with Crippen molar-refractivity contribution in [1.82, 2.24) is 30.1 Å². The summed E-state index contributed by atoms with van der Waals surface area (Å²) in [6.45, 7) is 4.05. The van der Waals surface area contributed by atoms with Gasteiger partial charge in [-0.1, -0.05) is 48.0 Å². The second-order valence-electron chi connectivity index (χ2n) is 9.93. The van der Waals surface area contributed by atoms with Gasteiger partial charge in [0.1, 0.15) is 11.8 Å². The molecule has 0 radical (unpaired) electrons. The number of ether oxygens (including phenoxy) is 1. The van der Waals surface area contributed by atoms with Gasteiger partial charge in [-0.3, -0.25) is 9.69 Å². The molecule has 2 aromatic carbocycles. The van der Waals surface area contributed by atoms with Gasteiger partial charge in [0.2, 0.25) is 0 Å². The first-order chi connectivity index (χ1) is 19.1. The molecular formula is C29H29ClN6O3. The molecule has 3 aromatic heterocycles. The van der Waals surface area contributed by atoms with E-state index in [-0.39, 0.29) is 11.7 Å². The number of halogens is 1. The van der Waals surface area contributed by atoms with Gasteiger partial charge in [-0.05, 0) is 71.0 Å². The quantitative estimate of drug-likeness (QED) is 0.277. The first-order valence-electron chi connectivity index (χ1n) is 13.1. The summed E-state index contributed by atoms with van der Waals surface area (Å²) in [4.78, 5) is 19.0. The van der Waals surface area contributed by atoms with Crippen molar-refractivity contribution in [3.8, 4) is 0 Å². The van der Waals surface area contributed by atoms with E-state index in [9.17, 15) is 4.79 Å². The smallest absolute Gasteiger partial charge is 0.253 e. The lowest BCUT2D eigenvalue weighted by Gasteiger charge is -2.31. The number of aryl methyl sites for hydroxylation is 1. The summed E-state index contributed by atoms with van der Waals surface area (Å²) in [7, 11) is 0. The van der Waals surface area contributed by atoms with Crippen molar-refractivity contribution in [3.05, 3.63) is 111 Å². The van der Waals surface area contributed by atoms with Crippen molar-refractivity contribution in [2.75, 3.05) is 6.61 Å². The Bertz CT molecular complexity index is 1620. The number of benzene rings is 2. The van der Waals surface area contributed by atoms with Crippen LogP contribution >= 0.6 is 11.6 Å². The lowest BCUT2D eigenvalue weighted by molar-refractivity contribution is 0.0901. The van der Waals surface area contributed by atoms with Crippen molar-refractivity contribution in [2.24, 2.45) is 0 Å². The Morgan fingerprint density at radius 3 is 2.85 bits per heavy atom. The number of fused-ring (bicyclic) bond motifs is 1. The highest BCUT2D eigenvalue weighted by Crippen LogP contribution is 2.32. The van der Waals surface area contributed by atoms with Crippen molar-refractivity contribution in [3.63, 3.8) is 0 Å². The van der Waals surface area contributed by atoms with Crippen LogP contribution in [0.25, 0.3) is 10.9 Å². The number of aromatic nitrogens is 5. The largest absolute Gasteiger partial charge is 0.468 e. The van der Waals surface area contributed by atoms with Gasteiger partial charge in [0.25, 0.3) is 5.56 Å². The maximum atomic E-state index is 13.8. The van der Waals surface area contributed by atoms with E-state index in [4.69, 9.17) is 20.8 Å². The normalized spacial score (nSPS) is 16.3. The molecule has 6 rings (SSSR count). The fourth-order valence-corrected chi connectivity index (χ4v) is 5.50. The van der Waals surface area contributed by atoms with Crippen LogP contribution in [-0.2, 0) is 24.4 Å². The summed E-state index contributed by atoms with van der Waals surface area (Å²) in [5.74, 6) is 1.31. The third-order valence-electron chi connectivity index (χ3n) is 7.25. The summed E-state index contributed by atoms with van der Waals surface area (Å²) in [6.07, 6.45) is 3.61. The molecule has 1 fully saturated rings. The number of hydrogen-bond acceptors (Lipinski definition) is 7. The Morgan fingerprint density at radius 2 is 2.05 bits per heavy atom. The van der Waals surface area contributed by atoms with E-state index in [1.165, 1.54) is 0 Å². The van der Waals surface area contributed by atoms with Crippen LogP contribution in [0.1, 0.15) is 47.2 Å². The summed E-state index contributed by atoms with van der Waals surface area (Å²) < 4.78 is 13.4. The summed E-state index contributed by atoms with van der Waals surface area (Å²) in [5, 5.41) is 14.4. The summed E-state index contributed by atoms with van der Waals surface area (Å²) >= 11 is 6.62.